The van der Waals surface area contributed by atoms with Gasteiger partial charge in [0.25, 0.3) is 0 Å². The van der Waals surface area contributed by atoms with Crippen LogP contribution in [0.5, 0.6) is 0 Å². The summed E-state index contributed by atoms with van der Waals surface area (Å²) in [6.07, 6.45) is 4.69. The smallest absolute Gasteiger partial charge is 0.205 e. The van der Waals surface area contributed by atoms with Gasteiger partial charge in [-0.25, -0.2) is 0 Å². The number of nitrogens with zero attached hydrogens (tertiary/aromatic N) is 1. The summed E-state index contributed by atoms with van der Waals surface area (Å²) in [4.78, 5) is 28.3. The third kappa shape index (κ3) is 1.44. The number of aliphatic hydroxyl groups excluding tert-OH is 1. The standard InChI is InChI=1S/C17H23NO3/c1-11-8-12-14(20)15(21)16-4-2-6-18(10-16)7-3-5-17(12,16)13(19)9-11/h11,20H,2-10H2,1H3/t11-,16-,17+/m0/s1. The highest BCUT2D eigenvalue weighted by Crippen LogP contribution is 2.64. The second-order valence-corrected chi connectivity index (χ2v) is 7.56. The first-order chi connectivity index (χ1) is 10.0. The second kappa shape index (κ2) is 4.19. The maximum atomic E-state index is 13.1. The van der Waals surface area contributed by atoms with Gasteiger partial charge in [-0.15, -0.1) is 0 Å². The molecule has 4 nitrogen and oxygen atoms in total. The number of allylic oxidation sites excluding steroid dienone is 2. The zero-order chi connectivity index (χ0) is 14.8. The van der Waals surface area contributed by atoms with Gasteiger partial charge in [0.15, 0.2) is 5.76 Å². The average Bonchev–Trinajstić information content (AvgIpc) is 2.57. The van der Waals surface area contributed by atoms with Gasteiger partial charge < -0.3 is 10.0 Å². The van der Waals surface area contributed by atoms with Crippen LogP contribution >= 0.6 is 0 Å². The van der Waals surface area contributed by atoms with E-state index >= 15 is 0 Å². The van der Waals surface area contributed by atoms with Crippen LogP contribution in [-0.4, -0.2) is 41.2 Å². The first-order valence-corrected chi connectivity index (χ1v) is 8.24. The Bertz CT molecular complexity index is 566. The van der Waals surface area contributed by atoms with Crippen molar-refractivity contribution in [1.29, 1.82) is 0 Å². The molecule has 3 fully saturated rings. The van der Waals surface area contributed by atoms with Crippen molar-refractivity contribution in [2.75, 3.05) is 19.6 Å². The van der Waals surface area contributed by atoms with Crippen molar-refractivity contribution >= 4 is 11.6 Å². The van der Waals surface area contributed by atoms with Gasteiger partial charge in [-0.1, -0.05) is 6.92 Å². The molecule has 1 saturated carbocycles. The van der Waals surface area contributed by atoms with Crippen molar-refractivity contribution in [3.05, 3.63) is 11.3 Å². The van der Waals surface area contributed by atoms with Gasteiger partial charge in [0, 0.05) is 13.0 Å². The number of hydrogen-bond acceptors (Lipinski definition) is 4. The van der Waals surface area contributed by atoms with Gasteiger partial charge in [0.2, 0.25) is 5.78 Å². The Balaban J connectivity index is 1.94. The summed E-state index contributed by atoms with van der Waals surface area (Å²) < 4.78 is 0. The van der Waals surface area contributed by atoms with E-state index in [-0.39, 0.29) is 23.2 Å². The molecule has 114 valence electrons. The molecule has 0 aromatic carbocycles. The van der Waals surface area contributed by atoms with Gasteiger partial charge in [0.1, 0.15) is 5.78 Å². The maximum absolute atomic E-state index is 13.1. The summed E-state index contributed by atoms with van der Waals surface area (Å²) in [5, 5.41) is 10.5. The van der Waals surface area contributed by atoms with E-state index in [2.05, 4.69) is 4.90 Å². The first-order valence-electron chi connectivity index (χ1n) is 8.24. The molecule has 4 heteroatoms. The van der Waals surface area contributed by atoms with Crippen LogP contribution in [0.1, 0.15) is 45.4 Å². The van der Waals surface area contributed by atoms with Crippen molar-refractivity contribution in [3.8, 4) is 0 Å². The highest BCUT2D eigenvalue weighted by molar-refractivity contribution is 6.10. The lowest BCUT2D eigenvalue weighted by Crippen LogP contribution is -2.57. The SMILES string of the molecule is C[C@@H]1CC(=O)[C@]23CCCN4CCC[C@]2(C4)C(=O)C(O)=C3C1. The molecule has 2 saturated heterocycles. The Morgan fingerprint density at radius 2 is 1.86 bits per heavy atom. The van der Waals surface area contributed by atoms with Gasteiger partial charge in [-0.3, -0.25) is 9.59 Å². The molecule has 2 spiro atoms. The number of ketones is 2. The number of piperidine rings is 1. The third-order valence-electron chi connectivity index (χ3n) is 6.43. The number of Topliss-reactive ketones (excluding diaryl/α,β-unsaturated/α-hetero) is 2. The highest BCUT2D eigenvalue weighted by Gasteiger charge is 2.69. The quantitative estimate of drug-likeness (QED) is 0.743. The molecule has 1 unspecified atom stereocenters. The summed E-state index contributed by atoms with van der Waals surface area (Å²) in [6, 6.07) is 0. The number of carbonyl (C=O) groups is 2. The third-order valence-corrected chi connectivity index (χ3v) is 6.43. The largest absolute Gasteiger partial charge is 0.504 e. The molecule has 0 aromatic heterocycles. The van der Waals surface area contributed by atoms with Crippen molar-refractivity contribution < 1.29 is 14.7 Å². The monoisotopic (exact) mass is 289 g/mol. The molecule has 2 aliphatic heterocycles. The summed E-state index contributed by atoms with van der Waals surface area (Å²) >= 11 is 0. The maximum Gasteiger partial charge on any atom is 0.205 e. The van der Waals surface area contributed by atoms with E-state index in [0.717, 1.165) is 44.3 Å². The van der Waals surface area contributed by atoms with Crippen molar-refractivity contribution in [2.24, 2.45) is 16.7 Å². The van der Waals surface area contributed by atoms with E-state index in [1.807, 2.05) is 6.92 Å². The van der Waals surface area contributed by atoms with Gasteiger partial charge in [0.05, 0.1) is 10.8 Å². The lowest BCUT2D eigenvalue weighted by Gasteiger charge is -2.50. The van der Waals surface area contributed by atoms with Crippen molar-refractivity contribution in [1.82, 2.24) is 4.90 Å². The molecular formula is C17H23NO3. The first kappa shape index (κ1) is 13.5. The average molecular weight is 289 g/mol. The summed E-state index contributed by atoms with van der Waals surface area (Å²) in [7, 11) is 0. The Hall–Kier alpha value is -1.16. The molecule has 1 N–H and O–H groups in total. The Morgan fingerprint density at radius 3 is 2.62 bits per heavy atom. The van der Waals surface area contributed by atoms with Crippen LogP contribution in [0.15, 0.2) is 11.3 Å². The molecule has 0 amide bonds. The van der Waals surface area contributed by atoms with Crippen molar-refractivity contribution in [3.63, 3.8) is 0 Å². The number of carbonyl (C=O) groups excluding carboxylic acids is 2. The van der Waals surface area contributed by atoms with Crippen molar-refractivity contribution in [2.45, 2.75) is 45.4 Å². The summed E-state index contributed by atoms with van der Waals surface area (Å²) in [6.45, 7) is 4.71. The number of hydrogen-bond donors (Lipinski definition) is 1. The van der Waals surface area contributed by atoms with E-state index in [1.165, 1.54) is 0 Å². The molecule has 4 rings (SSSR count). The van der Waals surface area contributed by atoms with Gasteiger partial charge in [-0.05, 0) is 56.7 Å². The normalized spacial score (nSPS) is 46.1. The number of fused-ring (bicyclic) bond motifs is 1. The molecule has 4 atom stereocenters. The van der Waals surface area contributed by atoms with Crippen LogP contribution in [0.3, 0.4) is 0 Å². The number of rotatable bonds is 0. The van der Waals surface area contributed by atoms with Crippen LogP contribution < -0.4 is 0 Å². The predicted molar refractivity (Wildman–Crippen MR) is 77.8 cm³/mol. The molecule has 21 heavy (non-hydrogen) atoms. The van der Waals surface area contributed by atoms with Crippen LogP contribution in [-0.2, 0) is 9.59 Å². The Morgan fingerprint density at radius 1 is 1.14 bits per heavy atom. The number of aliphatic hydroxyl groups is 1. The van der Waals surface area contributed by atoms with E-state index in [4.69, 9.17) is 0 Å². The molecule has 4 aliphatic rings. The minimum Gasteiger partial charge on any atom is -0.504 e. The molecular weight excluding hydrogens is 266 g/mol. The minimum atomic E-state index is -0.671. The zero-order valence-electron chi connectivity index (χ0n) is 12.7. The lowest BCUT2D eigenvalue weighted by atomic mass is 9.52. The molecule has 2 bridgehead atoms. The Kier molecular flexibility index (Phi) is 2.69. The lowest BCUT2D eigenvalue weighted by molar-refractivity contribution is -0.148. The van der Waals surface area contributed by atoms with E-state index in [9.17, 15) is 14.7 Å². The zero-order valence-corrected chi connectivity index (χ0v) is 12.7. The summed E-state index contributed by atoms with van der Waals surface area (Å²) in [5.74, 6) is 0.272. The van der Waals surface area contributed by atoms with E-state index in [1.54, 1.807) is 0 Å². The summed E-state index contributed by atoms with van der Waals surface area (Å²) in [5.41, 5.74) is -0.533. The van der Waals surface area contributed by atoms with Crippen LogP contribution in [0.4, 0.5) is 0 Å². The fraction of sp³-hybridized carbons (Fsp3) is 0.765. The Labute approximate surface area is 125 Å². The fourth-order valence-electron chi connectivity index (χ4n) is 5.63. The van der Waals surface area contributed by atoms with Crippen LogP contribution in [0.25, 0.3) is 0 Å². The van der Waals surface area contributed by atoms with E-state index < -0.39 is 10.8 Å². The topological polar surface area (TPSA) is 57.6 Å². The van der Waals surface area contributed by atoms with Gasteiger partial charge >= 0.3 is 0 Å². The highest BCUT2D eigenvalue weighted by atomic mass is 16.3. The van der Waals surface area contributed by atoms with E-state index in [0.29, 0.717) is 19.4 Å². The minimum absolute atomic E-state index is 0.0568. The fourth-order valence-corrected chi connectivity index (χ4v) is 5.63. The molecule has 0 radical (unpaired) electrons. The molecule has 2 heterocycles. The molecule has 2 aliphatic carbocycles. The van der Waals surface area contributed by atoms with Gasteiger partial charge in [-0.2, -0.15) is 0 Å². The molecule has 0 aromatic rings. The van der Waals surface area contributed by atoms with Crippen LogP contribution in [0.2, 0.25) is 0 Å². The second-order valence-electron chi connectivity index (χ2n) is 7.56. The predicted octanol–water partition coefficient (Wildman–Crippen LogP) is 2.24. The van der Waals surface area contributed by atoms with Crippen LogP contribution in [0, 0.1) is 16.7 Å².